The van der Waals surface area contributed by atoms with Gasteiger partial charge in [0.05, 0.1) is 16.1 Å². The highest BCUT2D eigenvalue weighted by Gasteiger charge is 2.18. The highest BCUT2D eigenvalue weighted by atomic mass is 32.1. The summed E-state index contributed by atoms with van der Waals surface area (Å²) in [6, 6.07) is 12.7. The molecule has 0 N–H and O–H groups in total. The summed E-state index contributed by atoms with van der Waals surface area (Å²) in [6.45, 7) is 2.03. The molecule has 2 aromatic rings. The third-order valence-electron chi connectivity index (χ3n) is 3.97. The second-order valence-electron chi connectivity index (χ2n) is 5.45. The minimum atomic E-state index is 0.824. The number of rotatable bonds is 2. The van der Waals surface area contributed by atoms with Gasteiger partial charge in [-0.15, -0.1) is 11.3 Å². The normalized spacial score (nSPS) is 14.8. The molecule has 21 heavy (non-hydrogen) atoms. The van der Waals surface area contributed by atoms with Crippen molar-refractivity contribution >= 4 is 16.9 Å². The van der Waals surface area contributed by atoms with E-state index in [-0.39, 0.29) is 0 Å². The zero-order valence-electron chi connectivity index (χ0n) is 12.2. The van der Waals surface area contributed by atoms with Gasteiger partial charge in [0.25, 0.3) is 0 Å². The molecule has 106 valence electrons. The summed E-state index contributed by atoms with van der Waals surface area (Å²) < 4.78 is 0. The number of hydrogen-bond acceptors (Lipinski definition) is 3. The maximum atomic E-state index is 9.56. The third-order valence-corrected chi connectivity index (χ3v) is 5.19. The Bertz CT molecular complexity index is 697. The molecule has 0 radical (unpaired) electrons. The number of benzene rings is 1. The van der Waals surface area contributed by atoms with E-state index in [9.17, 15) is 5.26 Å². The number of nitrogens with zero attached hydrogens (tertiary/aromatic N) is 2. The van der Waals surface area contributed by atoms with Crippen molar-refractivity contribution in [2.24, 2.45) is 0 Å². The molecule has 1 aliphatic carbocycles. The Labute approximate surface area is 129 Å². The first kappa shape index (κ1) is 14.0. The average molecular weight is 294 g/mol. The van der Waals surface area contributed by atoms with Crippen LogP contribution in [0.4, 0.5) is 0 Å². The van der Waals surface area contributed by atoms with Crippen LogP contribution in [0.2, 0.25) is 0 Å². The summed E-state index contributed by atoms with van der Waals surface area (Å²) in [4.78, 5) is 5.85. The van der Waals surface area contributed by atoms with Crippen molar-refractivity contribution in [2.45, 2.75) is 39.0 Å². The molecule has 1 aliphatic rings. The van der Waals surface area contributed by atoms with E-state index in [1.54, 1.807) is 11.3 Å². The number of aryl methyl sites for hydroxylation is 1. The molecule has 1 aromatic heterocycles. The number of hydrogen-bond donors (Lipinski definition) is 0. The van der Waals surface area contributed by atoms with Crippen molar-refractivity contribution in [1.82, 2.24) is 4.98 Å². The van der Waals surface area contributed by atoms with Gasteiger partial charge in [-0.3, -0.25) is 0 Å². The Kier molecular flexibility index (Phi) is 4.17. The van der Waals surface area contributed by atoms with Crippen LogP contribution in [0.1, 0.15) is 42.8 Å². The van der Waals surface area contributed by atoms with E-state index in [1.165, 1.54) is 35.3 Å². The molecule has 0 unspecified atom stereocenters. The van der Waals surface area contributed by atoms with Gasteiger partial charge in [-0.05, 0) is 43.7 Å². The lowest BCUT2D eigenvalue weighted by molar-refractivity contribution is 0.601. The Balaban J connectivity index is 2.02. The topological polar surface area (TPSA) is 36.7 Å². The Morgan fingerprint density at radius 2 is 1.86 bits per heavy atom. The Hall–Kier alpha value is -1.92. The van der Waals surface area contributed by atoms with Gasteiger partial charge in [-0.1, -0.05) is 36.8 Å². The van der Waals surface area contributed by atoms with Gasteiger partial charge in [-0.25, -0.2) is 4.98 Å². The van der Waals surface area contributed by atoms with Crippen LogP contribution in [-0.4, -0.2) is 4.98 Å². The number of allylic oxidation sites excluding steroid dienone is 2. The number of thiazole rings is 1. The minimum absolute atomic E-state index is 0.824. The molecular formula is C18H18N2S. The highest BCUT2D eigenvalue weighted by Crippen LogP contribution is 2.36. The average Bonchev–Trinajstić information content (AvgIpc) is 2.92. The molecule has 0 bridgehead atoms. The lowest BCUT2D eigenvalue weighted by atomic mass is 9.91. The van der Waals surface area contributed by atoms with Gasteiger partial charge in [-0.2, -0.15) is 5.26 Å². The maximum Gasteiger partial charge on any atom is 0.134 e. The third kappa shape index (κ3) is 2.91. The molecule has 0 amide bonds. The fourth-order valence-corrected chi connectivity index (χ4v) is 3.98. The monoisotopic (exact) mass is 294 g/mol. The van der Waals surface area contributed by atoms with Gasteiger partial charge in [0, 0.05) is 0 Å². The molecule has 1 saturated carbocycles. The predicted molar refractivity (Wildman–Crippen MR) is 87.9 cm³/mol. The lowest BCUT2D eigenvalue weighted by Gasteiger charge is -2.14. The second kappa shape index (κ2) is 6.24. The van der Waals surface area contributed by atoms with Crippen LogP contribution >= 0.6 is 11.3 Å². The minimum Gasteiger partial charge on any atom is -0.240 e. The zero-order chi connectivity index (χ0) is 14.7. The van der Waals surface area contributed by atoms with Crippen LogP contribution in [0.25, 0.3) is 16.0 Å². The summed E-state index contributed by atoms with van der Waals surface area (Å²) in [5, 5.41) is 10.5. The molecule has 1 heterocycles. The van der Waals surface area contributed by atoms with Crippen molar-refractivity contribution in [1.29, 1.82) is 5.26 Å². The Morgan fingerprint density at radius 3 is 2.52 bits per heavy atom. The molecule has 3 heteroatoms. The molecule has 1 aromatic carbocycles. The van der Waals surface area contributed by atoms with E-state index in [0.717, 1.165) is 29.1 Å². The van der Waals surface area contributed by atoms with Crippen molar-refractivity contribution in [2.75, 3.05) is 0 Å². The first-order chi connectivity index (χ1) is 10.3. The smallest absolute Gasteiger partial charge is 0.134 e. The molecule has 1 fully saturated rings. The molecular weight excluding hydrogens is 276 g/mol. The van der Waals surface area contributed by atoms with E-state index in [0.29, 0.717) is 0 Å². The van der Waals surface area contributed by atoms with Crippen molar-refractivity contribution in [3.05, 3.63) is 46.6 Å². The number of nitriles is 1. The maximum absolute atomic E-state index is 9.56. The summed E-state index contributed by atoms with van der Waals surface area (Å²) >= 11 is 1.65. The first-order valence-corrected chi connectivity index (χ1v) is 8.26. The van der Waals surface area contributed by atoms with E-state index in [1.807, 2.05) is 25.1 Å². The van der Waals surface area contributed by atoms with Crippen LogP contribution in [0, 0.1) is 18.3 Å². The molecule has 3 rings (SSSR count). The van der Waals surface area contributed by atoms with Crippen LogP contribution in [-0.2, 0) is 0 Å². The largest absolute Gasteiger partial charge is 0.240 e. The van der Waals surface area contributed by atoms with Crippen LogP contribution in [0.15, 0.2) is 35.9 Å². The van der Waals surface area contributed by atoms with Crippen LogP contribution in [0.5, 0.6) is 0 Å². The van der Waals surface area contributed by atoms with Gasteiger partial charge in [0.15, 0.2) is 0 Å². The molecule has 0 aliphatic heterocycles. The van der Waals surface area contributed by atoms with E-state index < -0.39 is 0 Å². The van der Waals surface area contributed by atoms with Gasteiger partial charge < -0.3 is 0 Å². The van der Waals surface area contributed by atoms with Crippen molar-refractivity contribution < 1.29 is 0 Å². The van der Waals surface area contributed by atoms with Crippen LogP contribution in [0.3, 0.4) is 0 Å². The van der Waals surface area contributed by atoms with Gasteiger partial charge in [0.2, 0.25) is 0 Å². The zero-order valence-corrected chi connectivity index (χ0v) is 13.0. The van der Waals surface area contributed by atoms with E-state index in [2.05, 4.69) is 23.2 Å². The lowest BCUT2D eigenvalue weighted by Crippen LogP contribution is -1.97. The molecule has 0 atom stereocenters. The Morgan fingerprint density at radius 1 is 1.14 bits per heavy atom. The number of aromatic nitrogens is 1. The summed E-state index contributed by atoms with van der Waals surface area (Å²) in [5.41, 5.74) is 4.33. The summed E-state index contributed by atoms with van der Waals surface area (Å²) in [7, 11) is 0. The van der Waals surface area contributed by atoms with E-state index in [4.69, 9.17) is 0 Å². The standard InChI is InChI=1S/C18H18N2S/c1-13-17(15-10-6-3-7-11-15)21-18(20-13)16(12-19)14-8-4-2-5-9-14/h3,6-7,10-11H,2,4-5,8-9H2,1H3. The molecule has 0 spiro atoms. The fraction of sp³-hybridized carbons (Fsp3) is 0.333. The van der Waals surface area contributed by atoms with Gasteiger partial charge in [0.1, 0.15) is 11.1 Å². The molecule has 2 nitrogen and oxygen atoms in total. The quantitative estimate of drug-likeness (QED) is 0.699. The first-order valence-electron chi connectivity index (χ1n) is 7.45. The van der Waals surface area contributed by atoms with Crippen molar-refractivity contribution in [3.8, 4) is 16.5 Å². The highest BCUT2D eigenvalue weighted by molar-refractivity contribution is 7.16. The van der Waals surface area contributed by atoms with Gasteiger partial charge >= 0.3 is 0 Å². The predicted octanol–water partition coefficient (Wildman–Crippen LogP) is 5.36. The van der Waals surface area contributed by atoms with Crippen molar-refractivity contribution in [3.63, 3.8) is 0 Å². The van der Waals surface area contributed by atoms with Crippen LogP contribution < -0.4 is 0 Å². The SMILES string of the molecule is Cc1nc(C(C#N)=C2CCCCC2)sc1-c1ccccc1. The fourth-order valence-electron chi connectivity index (χ4n) is 2.87. The summed E-state index contributed by atoms with van der Waals surface area (Å²) in [5.74, 6) is 0. The van der Waals surface area contributed by atoms with E-state index >= 15 is 0 Å². The summed E-state index contributed by atoms with van der Waals surface area (Å²) in [6.07, 6.45) is 5.81. The second-order valence-corrected chi connectivity index (χ2v) is 6.45. The molecule has 0 saturated heterocycles.